The smallest absolute Gasteiger partial charge is 0.335 e. The Labute approximate surface area is 162 Å². The van der Waals surface area contributed by atoms with Gasteiger partial charge in [0.05, 0.1) is 11.4 Å². The predicted molar refractivity (Wildman–Crippen MR) is 109 cm³/mol. The number of benzene rings is 2. The van der Waals surface area contributed by atoms with Gasteiger partial charge in [-0.1, -0.05) is 40.2 Å². The minimum atomic E-state index is -0.713. The predicted octanol–water partition coefficient (Wildman–Crippen LogP) is 3.64. The molecule has 134 valence electrons. The van der Waals surface area contributed by atoms with Crippen molar-refractivity contribution in [2.75, 3.05) is 0 Å². The third-order valence-corrected chi connectivity index (χ3v) is 4.84. The molecule has 0 unspecified atom stereocenters. The summed E-state index contributed by atoms with van der Waals surface area (Å²) in [5, 5.41) is 10.7. The van der Waals surface area contributed by atoms with Crippen molar-refractivity contribution in [1.82, 2.24) is 9.55 Å². The van der Waals surface area contributed by atoms with E-state index in [0.29, 0.717) is 5.69 Å². The van der Waals surface area contributed by atoms with Crippen molar-refractivity contribution in [1.29, 1.82) is 0 Å². The monoisotopic (exact) mass is 423 g/mol. The number of aromatic nitrogens is 2. The van der Waals surface area contributed by atoms with Crippen LogP contribution in [0.4, 0.5) is 5.69 Å². The lowest BCUT2D eigenvalue weighted by Crippen LogP contribution is -2.30. The van der Waals surface area contributed by atoms with Gasteiger partial charge in [-0.3, -0.25) is 14.8 Å². The molecular formula is C20H14BrN3O3. The van der Waals surface area contributed by atoms with E-state index in [-0.39, 0.29) is 5.56 Å². The van der Waals surface area contributed by atoms with E-state index in [9.17, 15) is 14.7 Å². The van der Waals surface area contributed by atoms with Gasteiger partial charge in [-0.15, -0.1) is 0 Å². The summed E-state index contributed by atoms with van der Waals surface area (Å²) < 4.78 is 1.80. The zero-order valence-electron chi connectivity index (χ0n) is 14.2. The van der Waals surface area contributed by atoms with Crippen LogP contribution in [0.25, 0.3) is 17.3 Å². The van der Waals surface area contributed by atoms with E-state index in [1.54, 1.807) is 30.3 Å². The molecule has 0 saturated carbocycles. The summed E-state index contributed by atoms with van der Waals surface area (Å²) in [7, 11) is 0. The van der Waals surface area contributed by atoms with Crippen LogP contribution in [-0.2, 0) is 0 Å². The Morgan fingerprint density at radius 3 is 2.70 bits per heavy atom. The summed E-state index contributed by atoms with van der Waals surface area (Å²) >= 11 is 3.34. The number of rotatable bonds is 2. The molecule has 0 amide bonds. The van der Waals surface area contributed by atoms with Crippen molar-refractivity contribution in [2.45, 2.75) is 6.92 Å². The number of aromatic hydroxyl groups is 1. The number of hydrogen-bond donors (Lipinski definition) is 2. The third kappa shape index (κ3) is 2.96. The highest BCUT2D eigenvalue weighted by Gasteiger charge is 2.20. The molecule has 1 aromatic heterocycles. The van der Waals surface area contributed by atoms with Crippen molar-refractivity contribution in [3.63, 3.8) is 0 Å². The minimum Gasteiger partial charge on any atom is -0.494 e. The van der Waals surface area contributed by atoms with E-state index >= 15 is 0 Å². The van der Waals surface area contributed by atoms with Gasteiger partial charge in [-0.2, -0.15) is 0 Å². The van der Waals surface area contributed by atoms with E-state index < -0.39 is 17.1 Å². The Morgan fingerprint density at radius 2 is 1.93 bits per heavy atom. The summed E-state index contributed by atoms with van der Waals surface area (Å²) in [5.41, 5.74) is 2.19. The molecule has 2 aromatic carbocycles. The fourth-order valence-corrected chi connectivity index (χ4v) is 3.47. The summed E-state index contributed by atoms with van der Waals surface area (Å²) in [4.78, 5) is 31.5. The standard InChI is InChI=1S/C20H14BrN3O3/c1-11-15(14-7-2-3-8-17(14)22-11)10-16-18(25)23-20(27)24(19(16)26)13-6-4-5-12(21)9-13/h2-10,26H,1H3,(H,23,25,27)/b15-10+. The molecule has 2 heterocycles. The topological polar surface area (TPSA) is 87.4 Å². The highest BCUT2D eigenvalue weighted by atomic mass is 79.9. The molecular weight excluding hydrogens is 410 g/mol. The van der Waals surface area contributed by atoms with E-state index in [1.165, 1.54) is 0 Å². The number of nitrogens with zero attached hydrogens (tertiary/aromatic N) is 2. The van der Waals surface area contributed by atoms with Crippen molar-refractivity contribution in [2.24, 2.45) is 4.99 Å². The maximum absolute atomic E-state index is 12.4. The van der Waals surface area contributed by atoms with E-state index in [2.05, 4.69) is 25.9 Å². The summed E-state index contributed by atoms with van der Waals surface area (Å²) in [6.45, 7) is 1.83. The molecule has 2 N–H and O–H groups in total. The number of aliphatic imine (C=N–C) groups is 1. The maximum Gasteiger partial charge on any atom is 0.335 e. The van der Waals surface area contributed by atoms with Crippen LogP contribution in [-0.4, -0.2) is 20.4 Å². The van der Waals surface area contributed by atoms with Crippen LogP contribution in [0.2, 0.25) is 0 Å². The first kappa shape index (κ1) is 17.2. The molecule has 0 bridgehead atoms. The number of allylic oxidation sites excluding steroid dienone is 1. The average Bonchev–Trinajstić information content (AvgIpc) is 2.93. The Balaban J connectivity index is 1.96. The number of fused-ring (bicyclic) bond motifs is 1. The van der Waals surface area contributed by atoms with Gasteiger partial charge in [0, 0.05) is 21.3 Å². The van der Waals surface area contributed by atoms with E-state index in [1.807, 2.05) is 31.2 Å². The molecule has 4 rings (SSSR count). The van der Waals surface area contributed by atoms with Crippen LogP contribution in [0.3, 0.4) is 0 Å². The van der Waals surface area contributed by atoms with E-state index in [0.717, 1.165) is 31.6 Å². The lowest BCUT2D eigenvalue weighted by Gasteiger charge is -2.11. The number of para-hydroxylation sites is 1. The molecule has 3 aromatic rings. The number of aromatic amines is 1. The quantitative estimate of drug-likeness (QED) is 0.659. The maximum atomic E-state index is 12.4. The second-order valence-electron chi connectivity index (χ2n) is 6.08. The van der Waals surface area contributed by atoms with Gasteiger partial charge in [-0.05, 0) is 37.3 Å². The molecule has 0 saturated heterocycles. The molecule has 0 atom stereocenters. The van der Waals surface area contributed by atoms with Crippen molar-refractivity contribution >= 4 is 39.0 Å². The third-order valence-electron chi connectivity index (χ3n) is 4.35. The van der Waals surface area contributed by atoms with Crippen LogP contribution in [0.1, 0.15) is 18.1 Å². The zero-order valence-corrected chi connectivity index (χ0v) is 15.8. The highest BCUT2D eigenvalue weighted by molar-refractivity contribution is 9.10. The lowest BCUT2D eigenvalue weighted by molar-refractivity contribution is 0.429. The van der Waals surface area contributed by atoms with Crippen LogP contribution in [0, 0.1) is 0 Å². The molecule has 1 aliphatic rings. The summed E-state index contributed by atoms with van der Waals surface area (Å²) in [6, 6.07) is 14.4. The van der Waals surface area contributed by atoms with Gasteiger partial charge in [0.25, 0.3) is 5.56 Å². The highest BCUT2D eigenvalue weighted by Crippen LogP contribution is 2.36. The van der Waals surface area contributed by atoms with Crippen LogP contribution in [0.5, 0.6) is 5.88 Å². The van der Waals surface area contributed by atoms with E-state index in [4.69, 9.17) is 0 Å². The summed E-state index contributed by atoms with van der Waals surface area (Å²) in [5.74, 6) is -0.425. The summed E-state index contributed by atoms with van der Waals surface area (Å²) in [6.07, 6.45) is 1.56. The van der Waals surface area contributed by atoms with Gasteiger partial charge < -0.3 is 5.11 Å². The molecule has 1 aliphatic heterocycles. The Hall–Kier alpha value is -3.19. The van der Waals surface area contributed by atoms with Crippen molar-refractivity contribution in [3.05, 3.63) is 85.0 Å². The second-order valence-corrected chi connectivity index (χ2v) is 7.00. The van der Waals surface area contributed by atoms with Crippen LogP contribution >= 0.6 is 15.9 Å². The first-order chi connectivity index (χ1) is 13.0. The molecule has 0 radical (unpaired) electrons. The number of hydrogen-bond acceptors (Lipinski definition) is 4. The number of halogens is 1. The van der Waals surface area contributed by atoms with Crippen molar-refractivity contribution < 1.29 is 5.11 Å². The molecule has 27 heavy (non-hydrogen) atoms. The molecule has 6 nitrogen and oxygen atoms in total. The SMILES string of the molecule is CC1=Nc2ccccc2/C1=C/c1c(O)n(-c2cccc(Br)c2)c(=O)[nH]c1=O. The fourth-order valence-electron chi connectivity index (χ4n) is 3.08. The van der Waals surface area contributed by atoms with Gasteiger partial charge in [0.1, 0.15) is 5.56 Å². The molecule has 0 aliphatic carbocycles. The second kappa shape index (κ2) is 6.51. The van der Waals surface area contributed by atoms with Gasteiger partial charge in [0.2, 0.25) is 5.88 Å². The minimum absolute atomic E-state index is 0.00386. The Morgan fingerprint density at radius 1 is 1.15 bits per heavy atom. The number of nitrogens with one attached hydrogen (secondary N) is 1. The van der Waals surface area contributed by atoms with Crippen LogP contribution < -0.4 is 11.2 Å². The van der Waals surface area contributed by atoms with Crippen molar-refractivity contribution in [3.8, 4) is 11.6 Å². The normalized spacial score (nSPS) is 14.3. The molecule has 7 heteroatoms. The fraction of sp³-hybridized carbons (Fsp3) is 0.0500. The van der Waals surface area contributed by atoms with Gasteiger partial charge in [0.15, 0.2) is 0 Å². The average molecular weight is 424 g/mol. The van der Waals surface area contributed by atoms with Gasteiger partial charge in [-0.25, -0.2) is 9.36 Å². The lowest BCUT2D eigenvalue weighted by atomic mass is 10.0. The first-order valence-electron chi connectivity index (χ1n) is 8.16. The Kier molecular flexibility index (Phi) is 4.16. The number of H-pyrrole nitrogens is 1. The zero-order chi connectivity index (χ0) is 19.1. The largest absolute Gasteiger partial charge is 0.494 e. The van der Waals surface area contributed by atoms with Crippen LogP contribution in [0.15, 0.2) is 67.6 Å². The molecule has 0 fully saturated rings. The van der Waals surface area contributed by atoms with Gasteiger partial charge >= 0.3 is 5.69 Å². The first-order valence-corrected chi connectivity index (χ1v) is 8.96. The molecule has 0 spiro atoms. The Bertz CT molecular complexity index is 1250.